The first-order chi connectivity index (χ1) is 22.6. The summed E-state index contributed by atoms with van der Waals surface area (Å²) in [6, 6.07) is 11.6. The van der Waals surface area contributed by atoms with Crippen molar-refractivity contribution in [3.05, 3.63) is 65.1 Å². The number of aromatic nitrogens is 3. The molecule has 3 aromatic rings. The number of anilines is 3. The van der Waals surface area contributed by atoms with E-state index in [0.717, 1.165) is 5.56 Å². The molecule has 0 unspecified atom stereocenters. The lowest BCUT2D eigenvalue weighted by Crippen LogP contribution is -2.46. The zero-order valence-electron chi connectivity index (χ0n) is 30.8. The van der Waals surface area contributed by atoms with Gasteiger partial charge in [-0.2, -0.15) is 5.26 Å². The summed E-state index contributed by atoms with van der Waals surface area (Å²) >= 11 is 0. The molecule has 12 heteroatoms. The Morgan fingerprint density at radius 2 is 1.82 bits per heavy atom. The molecule has 1 N–H and O–H groups in total. The molecule has 3 heterocycles. The molecule has 0 saturated heterocycles. The number of carbonyl (C=O) groups excluding carboxylic acids is 2. The van der Waals surface area contributed by atoms with Gasteiger partial charge in [0.1, 0.15) is 11.7 Å². The first-order valence-electron chi connectivity index (χ1n) is 16.3. The molecule has 0 spiro atoms. The summed E-state index contributed by atoms with van der Waals surface area (Å²) in [6.45, 7) is 21.1. The lowest BCUT2D eigenvalue weighted by atomic mass is 9.83. The van der Waals surface area contributed by atoms with Gasteiger partial charge >= 0.3 is 6.09 Å². The highest BCUT2D eigenvalue weighted by atomic mass is 28.4. The third-order valence-corrected chi connectivity index (χ3v) is 13.5. The van der Waals surface area contributed by atoms with Crippen LogP contribution in [0.2, 0.25) is 18.1 Å². The van der Waals surface area contributed by atoms with Gasteiger partial charge < -0.3 is 19.4 Å². The number of nitriles is 1. The minimum absolute atomic E-state index is 0.00428. The van der Waals surface area contributed by atoms with Gasteiger partial charge in [0.15, 0.2) is 8.32 Å². The van der Waals surface area contributed by atoms with Crippen LogP contribution < -0.4 is 10.2 Å². The van der Waals surface area contributed by atoms with E-state index in [9.17, 15) is 14.9 Å². The summed E-state index contributed by atoms with van der Waals surface area (Å²) in [5.41, 5.74) is 3.77. The average molecular weight is 684 g/mol. The number of hydrogen-bond donors (Lipinski definition) is 1. The van der Waals surface area contributed by atoms with E-state index in [2.05, 4.69) is 62.1 Å². The van der Waals surface area contributed by atoms with E-state index >= 15 is 0 Å². The van der Waals surface area contributed by atoms with E-state index < -0.39 is 25.4 Å². The molecular weight excluding hydrogens is 635 g/mol. The monoisotopic (exact) mass is 683 g/mol. The molecular formula is C37H49N7O4Si. The van der Waals surface area contributed by atoms with E-state index in [1.807, 2.05) is 39.8 Å². The molecule has 0 radical (unpaired) electrons. The Morgan fingerprint density at radius 3 is 2.41 bits per heavy atom. The van der Waals surface area contributed by atoms with Crippen LogP contribution in [0.25, 0.3) is 17.3 Å². The number of pyridine rings is 1. The van der Waals surface area contributed by atoms with Gasteiger partial charge in [-0.25, -0.2) is 14.8 Å². The summed E-state index contributed by atoms with van der Waals surface area (Å²) in [7, 11) is 1.24. The van der Waals surface area contributed by atoms with Crippen LogP contribution in [0.1, 0.15) is 71.0 Å². The second-order valence-corrected chi connectivity index (χ2v) is 20.3. The Morgan fingerprint density at radius 1 is 1.12 bits per heavy atom. The van der Waals surface area contributed by atoms with Crippen LogP contribution >= 0.6 is 0 Å². The number of rotatable bonds is 8. The van der Waals surface area contributed by atoms with E-state index in [0.29, 0.717) is 58.7 Å². The van der Waals surface area contributed by atoms with Crippen molar-refractivity contribution in [3.63, 3.8) is 0 Å². The molecule has 260 valence electrons. The van der Waals surface area contributed by atoms with Crippen molar-refractivity contribution in [2.45, 2.75) is 84.5 Å². The number of ether oxygens (including phenoxy) is 1. The summed E-state index contributed by atoms with van der Waals surface area (Å²) in [6.07, 6.45) is 4.30. The molecule has 49 heavy (non-hydrogen) atoms. The van der Waals surface area contributed by atoms with Crippen molar-refractivity contribution in [2.75, 3.05) is 37.5 Å². The Labute approximate surface area is 291 Å². The normalized spacial score (nSPS) is 16.3. The summed E-state index contributed by atoms with van der Waals surface area (Å²) in [5.74, 6) is 0.228. The first kappa shape index (κ1) is 37.2. The molecule has 0 aliphatic carbocycles. The molecule has 0 fully saturated rings. The molecule has 0 saturated carbocycles. The Bertz CT molecular complexity index is 1820. The standard InChI is InChI=1S/C37H49N7O4Si/c1-24-29(15-13-27(40-24)14-16-31(45)43(9)10)41-33-39-18-17-30(42-33)25-19-26(21-38)32-28(20-25)37(8,23-47-49(11,12)36(5,6)7)22-44(32)34(46)48-35(2,3)4/h13-20H,22-23H2,1-12H3,(H,39,41,42)/b16-14+/t37-/m1/s1. The highest BCUT2D eigenvalue weighted by Crippen LogP contribution is 2.47. The van der Waals surface area contributed by atoms with Gasteiger partial charge in [0, 0.05) is 50.5 Å². The number of fused-ring (bicyclic) bond motifs is 1. The molecule has 1 aromatic carbocycles. The predicted molar refractivity (Wildman–Crippen MR) is 196 cm³/mol. The van der Waals surface area contributed by atoms with Crippen LogP contribution in [-0.2, 0) is 19.4 Å². The molecule has 11 nitrogen and oxygen atoms in total. The minimum Gasteiger partial charge on any atom is -0.443 e. The van der Waals surface area contributed by atoms with Crippen molar-refractivity contribution >= 4 is 43.7 Å². The number of hydrogen-bond acceptors (Lipinski definition) is 9. The fraction of sp³-hybridized carbons (Fsp3) is 0.459. The van der Waals surface area contributed by atoms with Crippen LogP contribution in [0.5, 0.6) is 0 Å². The quantitative estimate of drug-likeness (QED) is 0.188. The van der Waals surface area contributed by atoms with E-state index in [1.54, 1.807) is 49.5 Å². The Kier molecular flexibility index (Phi) is 10.4. The maximum Gasteiger partial charge on any atom is 0.414 e. The van der Waals surface area contributed by atoms with Gasteiger partial charge in [-0.3, -0.25) is 14.7 Å². The topological polar surface area (TPSA) is 134 Å². The zero-order valence-corrected chi connectivity index (χ0v) is 31.8. The summed E-state index contributed by atoms with van der Waals surface area (Å²) in [4.78, 5) is 42.4. The van der Waals surface area contributed by atoms with E-state index in [4.69, 9.17) is 14.1 Å². The Balaban J connectivity index is 1.72. The van der Waals surface area contributed by atoms with E-state index in [-0.39, 0.29) is 10.9 Å². The van der Waals surface area contributed by atoms with Gasteiger partial charge in [-0.1, -0.05) is 27.7 Å². The lowest BCUT2D eigenvalue weighted by molar-refractivity contribution is -0.123. The van der Waals surface area contributed by atoms with Crippen LogP contribution in [-0.4, -0.2) is 73.0 Å². The van der Waals surface area contributed by atoms with Gasteiger partial charge in [0.2, 0.25) is 11.9 Å². The number of aryl methyl sites for hydroxylation is 1. The second-order valence-electron chi connectivity index (χ2n) is 15.5. The number of nitrogens with zero attached hydrogens (tertiary/aromatic N) is 6. The smallest absolute Gasteiger partial charge is 0.414 e. The Hall–Kier alpha value is -4.60. The molecule has 1 aliphatic rings. The molecule has 1 atom stereocenters. The van der Waals surface area contributed by atoms with Gasteiger partial charge in [0.05, 0.1) is 34.0 Å². The summed E-state index contributed by atoms with van der Waals surface area (Å²) < 4.78 is 12.5. The second kappa shape index (κ2) is 13.7. The highest BCUT2D eigenvalue weighted by molar-refractivity contribution is 6.74. The molecule has 0 bridgehead atoms. The van der Waals surface area contributed by atoms with Gasteiger partial charge in [0.25, 0.3) is 0 Å². The fourth-order valence-electron chi connectivity index (χ4n) is 5.10. The molecule has 2 amide bonds. The van der Waals surface area contributed by atoms with Crippen LogP contribution in [0.15, 0.2) is 42.6 Å². The third kappa shape index (κ3) is 8.53. The van der Waals surface area contributed by atoms with Crippen LogP contribution in [0.3, 0.4) is 0 Å². The fourth-order valence-corrected chi connectivity index (χ4v) is 6.21. The number of amides is 2. The highest BCUT2D eigenvalue weighted by Gasteiger charge is 2.47. The van der Waals surface area contributed by atoms with Crippen LogP contribution in [0, 0.1) is 18.3 Å². The molecule has 1 aliphatic heterocycles. The van der Waals surface area contributed by atoms with Crippen molar-refractivity contribution < 1.29 is 18.8 Å². The first-order valence-corrected chi connectivity index (χ1v) is 19.3. The van der Waals surface area contributed by atoms with Crippen molar-refractivity contribution in [3.8, 4) is 17.3 Å². The minimum atomic E-state index is -2.15. The SMILES string of the molecule is Cc1nc(/C=C/C(=O)N(C)C)ccc1Nc1nccc(-c2cc(C#N)c3c(c2)[C@@](C)(CO[Si](C)(C)C(C)(C)C)CN3C(=O)OC(C)(C)C)n1. The number of carbonyl (C=O) groups is 2. The number of likely N-dealkylation sites (N-methyl/N-ethyl adjacent to an activating group) is 1. The van der Waals surface area contributed by atoms with E-state index in [1.165, 1.54) is 11.0 Å². The van der Waals surface area contributed by atoms with Gasteiger partial charge in [-0.05, 0) is 87.8 Å². The largest absolute Gasteiger partial charge is 0.443 e. The predicted octanol–water partition coefficient (Wildman–Crippen LogP) is 7.60. The van der Waals surface area contributed by atoms with Crippen LogP contribution in [0.4, 0.5) is 22.1 Å². The summed E-state index contributed by atoms with van der Waals surface area (Å²) in [5, 5.41) is 13.7. The molecule has 2 aromatic heterocycles. The third-order valence-electron chi connectivity index (χ3n) is 8.97. The number of benzene rings is 1. The zero-order chi connectivity index (χ0) is 36.5. The maximum atomic E-state index is 13.6. The van der Waals surface area contributed by atoms with Crippen molar-refractivity contribution in [1.82, 2.24) is 19.9 Å². The van der Waals surface area contributed by atoms with Crippen molar-refractivity contribution in [1.29, 1.82) is 5.26 Å². The lowest BCUT2D eigenvalue weighted by Gasteiger charge is -2.39. The average Bonchev–Trinajstić information content (AvgIpc) is 3.31. The number of nitrogens with one attached hydrogen (secondary N) is 1. The molecule has 4 rings (SSSR count). The van der Waals surface area contributed by atoms with Crippen molar-refractivity contribution in [2.24, 2.45) is 0 Å². The van der Waals surface area contributed by atoms with Gasteiger partial charge in [-0.15, -0.1) is 0 Å². The maximum absolute atomic E-state index is 13.6.